The van der Waals surface area contributed by atoms with Gasteiger partial charge in [-0.15, -0.1) is 0 Å². The molecule has 0 bridgehead atoms. The van der Waals surface area contributed by atoms with Crippen molar-refractivity contribution in [3.05, 3.63) is 44.8 Å². The van der Waals surface area contributed by atoms with Crippen LogP contribution in [0, 0.1) is 17.2 Å². The Hall–Kier alpha value is -1.98. The minimum absolute atomic E-state index is 0.0615. The summed E-state index contributed by atoms with van der Waals surface area (Å²) in [6.07, 6.45) is 3.27. The Morgan fingerprint density at radius 3 is 2.62 bits per heavy atom. The van der Waals surface area contributed by atoms with Gasteiger partial charge >= 0.3 is 0 Å². The van der Waals surface area contributed by atoms with Crippen LogP contribution in [-0.4, -0.2) is 45.8 Å². The molecule has 1 aliphatic carbocycles. The fraction of sp³-hybridized carbons (Fsp3) is 0.600. The zero-order valence-electron chi connectivity index (χ0n) is 19.3. The number of aliphatic hydroxyl groups is 2. The normalized spacial score (nSPS) is 20.5. The van der Waals surface area contributed by atoms with Crippen molar-refractivity contribution in [1.82, 2.24) is 9.88 Å². The number of aliphatic hydroxyl groups excluding tert-OH is 2. The molecule has 32 heavy (non-hydrogen) atoms. The molecule has 1 aliphatic heterocycles. The summed E-state index contributed by atoms with van der Waals surface area (Å²) in [5.74, 6) is 1.55. The van der Waals surface area contributed by atoms with Crippen LogP contribution in [0.25, 0.3) is 0 Å². The summed E-state index contributed by atoms with van der Waals surface area (Å²) in [4.78, 5) is 9.43. The van der Waals surface area contributed by atoms with Gasteiger partial charge in [-0.05, 0) is 54.0 Å². The van der Waals surface area contributed by atoms with Crippen LogP contribution in [0.3, 0.4) is 0 Å². The number of rotatable bonds is 8. The lowest BCUT2D eigenvalue weighted by Crippen LogP contribution is -2.54. The molecule has 2 atom stereocenters. The predicted octanol–water partition coefficient (Wildman–Crippen LogP) is 4.17. The SMILES string of the molecule is CC[C@@H]1CN(c2nc(C3CC3)c(CO)c(CC(C)C)c2C#N)CCN1C(O)c1ccsc1. The number of aromatic nitrogens is 1. The minimum Gasteiger partial charge on any atom is -0.392 e. The van der Waals surface area contributed by atoms with E-state index < -0.39 is 6.23 Å². The minimum atomic E-state index is -0.605. The van der Waals surface area contributed by atoms with Gasteiger partial charge in [-0.2, -0.15) is 16.6 Å². The van der Waals surface area contributed by atoms with Gasteiger partial charge in [0.1, 0.15) is 18.1 Å². The van der Waals surface area contributed by atoms with Crippen molar-refractivity contribution in [2.24, 2.45) is 5.92 Å². The Morgan fingerprint density at radius 1 is 1.28 bits per heavy atom. The van der Waals surface area contributed by atoms with Crippen LogP contribution in [0.2, 0.25) is 0 Å². The van der Waals surface area contributed by atoms with Gasteiger partial charge in [0.05, 0.1) is 17.9 Å². The first-order valence-electron chi connectivity index (χ1n) is 11.8. The lowest BCUT2D eigenvalue weighted by atomic mass is 9.91. The summed E-state index contributed by atoms with van der Waals surface area (Å²) < 4.78 is 0. The number of pyridine rings is 1. The maximum Gasteiger partial charge on any atom is 0.147 e. The molecule has 6 nitrogen and oxygen atoms in total. The van der Waals surface area contributed by atoms with Gasteiger partial charge in [0, 0.05) is 42.7 Å². The molecular formula is C25H34N4O2S. The lowest BCUT2D eigenvalue weighted by Gasteiger charge is -2.44. The first-order chi connectivity index (χ1) is 15.5. The highest BCUT2D eigenvalue weighted by Gasteiger charge is 2.36. The third-order valence-electron chi connectivity index (χ3n) is 6.73. The van der Waals surface area contributed by atoms with E-state index in [0.29, 0.717) is 30.5 Å². The van der Waals surface area contributed by atoms with Crippen LogP contribution in [0.1, 0.15) is 80.1 Å². The highest BCUT2D eigenvalue weighted by molar-refractivity contribution is 7.07. The van der Waals surface area contributed by atoms with Crippen molar-refractivity contribution in [3.63, 3.8) is 0 Å². The van der Waals surface area contributed by atoms with E-state index in [1.165, 1.54) is 0 Å². The van der Waals surface area contributed by atoms with Crippen LogP contribution in [0.4, 0.5) is 5.82 Å². The molecule has 1 saturated carbocycles. The van der Waals surface area contributed by atoms with E-state index in [2.05, 4.69) is 36.6 Å². The summed E-state index contributed by atoms with van der Waals surface area (Å²) in [5, 5.41) is 35.3. The Kier molecular flexibility index (Phi) is 7.16. The molecule has 172 valence electrons. The maximum atomic E-state index is 10.9. The molecule has 2 aliphatic rings. The van der Waals surface area contributed by atoms with E-state index in [4.69, 9.17) is 4.98 Å². The van der Waals surface area contributed by atoms with Gasteiger partial charge in [0.25, 0.3) is 0 Å². The molecular weight excluding hydrogens is 420 g/mol. The van der Waals surface area contributed by atoms with Crippen LogP contribution in [0.5, 0.6) is 0 Å². The average molecular weight is 455 g/mol. The Balaban J connectivity index is 1.69. The van der Waals surface area contributed by atoms with E-state index in [9.17, 15) is 15.5 Å². The highest BCUT2D eigenvalue weighted by Crippen LogP contribution is 2.44. The molecule has 3 heterocycles. The van der Waals surface area contributed by atoms with Crippen molar-refractivity contribution in [2.45, 2.75) is 71.2 Å². The third-order valence-corrected chi connectivity index (χ3v) is 7.43. The van der Waals surface area contributed by atoms with Gasteiger partial charge in [-0.25, -0.2) is 4.98 Å². The summed E-state index contributed by atoms with van der Waals surface area (Å²) in [7, 11) is 0. The molecule has 2 N–H and O–H groups in total. The van der Waals surface area contributed by atoms with E-state index >= 15 is 0 Å². The second-order valence-corrected chi connectivity index (χ2v) is 10.3. The number of hydrogen-bond acceptors (Lipinski definition) is 7. The van der Waals surface area contributed by atoms with Gasteiger partial charge in [0.15, 0.2) is 0 Å². The quantitative estimate of drug-likeness (QED) is 0.623. The fourth-order valence-corrected chi connectivity index (χ4v) is 5.56. The molecule has 0 spiro atoms. The standard InChI is InChI=1S/C25H34N4O2S/c1-4-19-13-28(8-9-29(19)25(31)18-7-10-32-15-18)24-21(12-26)20(11-16(2)3)22(14-30)23(27-24)17-5-6-17/h7,10,15-17,19,25,30-31H,4-6,8-9,11,13-14H2,1-3H3/t19-,25?/m1/s1. The van der Waals surface area contributed by atoms with Gasteiger partial charge < -0.3 is 15.1 Å². The predicted molar refractivity (Wildman–Crippen MR) is 128 cm³/mol. The molecule has 1 unspecified atom stereocenters. The van der Waals surface area contributed by atoms with Crippen LogP contribution < -0.4 is 4.90 Å². The molecule has 1 saturated heterocycles. The first-order valence-corrected chi connectivity index (χ1v) is 12.7. The third kappa shape index (κ3) is 4.55. The second-order valence-electron chi connectivity index (χ2n) is 9.47. The lowest BCUT2D eigenvalue weighted by molar-refractivity contribution is -0.0335. The number of anilines is 1. The van der Waals surface area contributed by atoms with Gasteiger partial charge in [-0.1, -0.05) is 20.8 Å². The molecule has 0 aromatic carbocycles. The summed E-state index contributed by atoms with van der Waals surface area (Å²) in [5.41, 5.74) is 4.41. The van der Waals surface area contributed by atoms with Crippen LogP contribution >= 0.6 is 11.3 Å². The fourth-order valence-electron chi connectivity index (χ4n) is 4.89. The molecule has 2 fully saturated rings. The zero-order valence-corrected chi connectivity index (χ0v) is 20.1. The van der Waals surface area contributed by atoms with Crippen molar-refractivity contribution < 1.29 is 10.2 Å². The molecule has 0 amide bonds. The Morgan fingerprint density at radius 2 is 2.06 bits per heavy atom. The molecule has 2 aromatic heterocycles. The monoisotopic (exact) mass is 454 g/mol. The van der Waals surface area contributed by atoms with Gasteiger partial charge in [-0.3, -0.25) is 4.90 Å². The first kappa shape index (κ1) is 23.2. The molecule has 2 aromatic rings. The van der Waals surface area contributed by atoms with E-state index in [1.54, 1.807) is 11.3 Å². The maximum absolute atomic E-state index is 10.9. The topological polar surface area (TPSA) is 83.6 Å². The summed E-state index contributed by atoms with van der Waals surface area (Å²) >= 11 is 1.60. The number of hydrogen-bond donors (Lipinski definition) is 2. The molecule has 0 radical (unpaired) electrons. The number of nitriles is 1. The van der Waals surface area contributed by atoms with Crippen molar-refractivity contribution >= 4 is 17.2 Å². The number of piperazine rings is 1. The van der Waals surface area contributed by atoms with Crippen molar-refractivity contribution in [2.75, 3.05) is 24.5 Å². The molecule has 7 heteroatoms. The average Bonchev–Trinajstić information content (AvgIpc) is 3.50. The van der Waals surface area contributed by atoms with E-state index in [0.717, 1.165) is 60.4 Å². The zero-order chi connectivity index (χ0) is 22.8. The van der Waals surface area contributed by atoms with Crippen molar-refractivity contribution in [3.8, 4) is 6.07 Å². The van der Waals surface area contributed by atoms with Crippen LogP contribution in [-0.2, 0) is 13.0 Å². The Labute approximate surface area is 195 Å². The second kappa shape index (κ2) is 9.88. The highest BCUT2D eigenvalue weighted by atomic mass is 32.1. The van der Waals surface area contributed by atoms with E-state index in [-0.39, 0.29) is 12.6 Å². The number of thiophene rings is 1. The Bertz CT molecular complexity index is 965. The smallest absolute Gasteiger partial charge is 0.147 e. The summed E-state index contributed by atoms with van der Waals surface area (Å²) in [6, 6.07) is 4.59. The summed E-state index contributed by atoms with van der Waals surface area (Å²) in [6.45, 7) is 8.53. The molecule has 4 rings (SSSR count). The largest absolute Gasteiger partial charge is 0.392 e. The van der Waals surface area contributed by atoms with E-state index in [1.807, 2.05) is 16.8 Å². The van der Waals surface area contributed by atoms with Crippen molar-refractivity contribution in [1.29, 1.82) is 5.26 Å². The van der Waals surface area contributed by atoms with Gasteiger partial charge in [0.2, 0.25) is 0 Å². The number of nitrogens with zero attached hydrogens (tertiary/aromatic N) is 4. The van der Waals surface area contributed by atoms with Crippen LogP contribution in [0.15, 0.2) is 16.8 Å².